The smallest absolute Gasteiger partial charge is 0.328 e. The van der Waals surface area contributed by atoms with Gasteiger partial charge in [0.15, 0.2) is 0 Å². The third kappa shape index (κ3) is 5.51. The SMILES string of the molecule is COC(=O)C(NC(=O)N(C)CCC(=O)O)C(C)C. The van der Waals surface area contributed by atoms with Gasteiger partial charge in [0.25, 0.3) is 0 Å². The first-order valence-electron chi connectivity index (χ1n) is 5.60. The highest BCUT2D eigenvalue weighted by Crippen LogP contribution is 2.04. The van der Waals surface area contributed by atoms with Crippen molar-refractivity contribution in [2.75, 3.05) is 20.7 Å². The molecule has 0 fully saturated rings. The lowest BCUT2D eigenvalue weighted by Crippen LogP contribution is -2.49. The maximum Gasteiger partial charge on any atom is 0.328 e. The molecule has 0 radical (unpaired) electrons. The molecule has 0 rings (SSSR count). The van der Waals surface area contributed by atoms with Gasteiger partial charge in [-0.2, -0.15) is 0 Å². The molecule has 104 valence electrons. The van der Waals surface area contributed by atoms with Crippen LogP contribution < -0.4 is 5.32 Å². The molecule has 0 aliphatic heterocycles. The van der Waals surface area contributed by atoms with E-state index in [1.807, 2.05) is 0 Å². The number of hydrogen-bond donors (Lipinski definition) is 2. The van der Waals surface area contributed by atoms with Crippen molar-refractivity contribution in [2.24, 2.45) is 5.92 Å². The summed E-state index contributed by atoms with van der Waals surface area (Å²) in [5.41, 5.74) is 0. The molecule has 0 heterocycles. The van der Waals surface area contributed by atoms with Gasteiger partial charge in [-0.3, -0.25) is 4.79 Å². The number of aliphatic carboxylic acids is 1. The second kappa shape index (κ2) is 7.52. The van der Waals surface area contributed by atoms with Gasteiger partial charge < -0.3 is 20.1 Å². The van der Waals surface area contributed by atoms with Crippen LogP contribution in [-0.2, 0) is 14.3 Å². The van der Waals surface area contributed by atoms with Crippen molar-refractivity contribution in [3.63, 3.8) is 0 Å². The second-order valence-corrected chi connectivity index (χ2v) is 4.26. The minimum Gasteiger partial charge on any atom is -0.481 e. The molecule has 0 spiro atoms. The summed E-state index contributed by atoms with van der Waals surface area (Å²) in [6, 6.07) is -1.24. The highest BCUT2D eigenvalue weighted by molar-refractivity contribution is 5.83. The van der Waals surface area contributed by atoms with Crippen LogP contribution in [0, 0.1) is 5.92 Å². The summed E-state index contributed by atoms with van der Waals surface area (Å²) in [5, 5.41) is 11.0. The molecule has 0 aliphatic carbocycles. The molecular formula is C11H20N2O5. The lowest BCUT2D eigenvalue weighted by atomic mass is 10.1. The van der Waals surface area contributed by atoms with Crippen LogP contribution in [0.5, 0.6) is 0 Å². The fourth-order valence-corrected chi connectivity index (χ4v) is 1.23. The lowest BCUT2D eigenvalue weighted by Gasteiger charge is -2.23. The highest BCUT2D eigenvalue weighted by atomic mass is 16.5. The van der Waals surface area contributed by atoms with Crippen LogP contribution in [0.2, 0.25) is 0 Å². The highest BCUT2D eigenvalue weighted by Gasteiger charge is 2.26. The van der Waals surface area contributed by atoms with Crippen molar-refractivity contribution < 1.29 is 24.2 Å². The Bertz CT molecular complexity index is 317. The average Bonchev–Trinajstić information content (AvgIpc) is 2.30. The third-order valence-corrected chi connectivity index (χ3v) is 2.41. The number of ether oxygens (including phenoxy) is 1. The number of esters is 1. The van der Waals surface area contributed by atoms with Crippen LogP contribution in [0.25, 0.3) is 0 Å². The molecule has 2 N–H and O–H groups in total. The molecule has 0 aromatic rings. The first-order chi connectivity index (χ1) is 8.29. The van der Waals surface area contributed by atoms with E-state index in [4.69, 9.17) is 5.11 Å². The molecule has 1 atom stereocenters. The molecule has 2 amide bonds. The number of carboxylic acid groups (broad SMARTS) is 1. The van der Waals surface area contributed by atoms with E-state index in [9.17, 15) is 14.4 Å². The zero-order valence-corrected chi connectivity index (χ0v) is 11.1. The number of methoxy groups -OCH3 is 1. The Kier molecular flexibility index (Phi) is 6.77. The van der Waals surface area contributed by atoms with Gasteiger partial charge in [-0.25, -0.2) is 9.59 Å². The van der Waals surface area contributed by atoms with Crippen LogP contribution in [0.3, 0.4) is 0 Å². The Morgan fingerprint density at radius 3 is 2.28 bits per heavy atom. The monoisotopic (exact) mass is 260 g/mol. The van der Waals surface area contributed by atoms with Crippen molar-refractivity contribution in [3.8, 4) is 0 Å². The third-order valence-electron chi connectivity index (χ3n) is 2.41. The number of carbonyl (C=O) groups excluding carboxylic acids is 2. The fraction of sp³-hybridized carbons (Fsp3) is 0.727. The number of amides is 2. The van der Waals surface area contributed by atoms with Crippen LogP contribution in [-0.4, -0.2) is 54.7 Å². The summed E-state index contributed by atoms with van der Waals surface area (Å²) in [5.74, 6) is -1.62. The number of carboxylic acids is 1. The quantitative estimate of drug-likeness (QED) is 0.670. The van der Waals surface area contributed by atoms with Gasteiger partial charge in [-0.1, -0.05) is 13.8 Å². The van der Waals surface area contributed by atoms with Crippen molar-refractivity contribution in [1.82, 2.24) is 10.2 Å². The van der Waals surface area contributed by atoms with E-state index >= 15 is 0 Å². The minimum absolute atomic E-state index is 0.0765. The van der Waals surface area contributed by atoms with Gasteiger partial charge in [-0.05, 0) is 5.92 Å². The van der Waals surface area contributed by atoms with Gasteiger partial charge in [-0.15, -0.1) is 0 Å². The molecule has 7 nitrogen and oxygen atoms in total. The summed E-state index contributed by atoms with van der Waals surface area (Å²) in [4.78, 5) is 34.7. The molecule has 18 heavy (non-hydrogen) atoms. The van der Waals surface area contributed by atoms with Gasteiger partial charge in [0.2, 0.25) is 0 Å². The minimum atomic E-state index is -0.983. The van der Waals surface area contributed by atoms with E-state index < -0.39 is 24.0 Å². The average molecular weight is 260 g/mol. The number of nitrogens with zero attached hydrogens (tertiary/aromatic N) is 1. The summed E-state index contributed by atoms with van der Waals surface area (Å²) in [6.07, 6.45) is -0.144. The summed E-state index contributed by atoms with van der Waals surface area (Å²) >= 11 is 0. The lowest BCUT2D eigenvalue weighted by molar-refractivity contribution is -0.144. The Balaban J connectivity index is 4.41. The standard InChI is InChI=1S/C11H20N2O5/c1-7(2)9(10(16)18-4)12-11(17)13(3)6-5-8(14)15/h7,9H,5-6H2,1-4H3,(H,12,17)(H,14,15). The van der Waals surface area contributed by atoms with Crippen LogP contribution in [0.15, 0.2) is 0 Å². The Labute approximate surface area is 106 Å². The van der Waals surface area contributed by atoms with E-state index in [-0.39, 0.29) is 18.9 Å². The second-order valence-electron chi connectivity index (χ2n) is 4.26. The molecule has 0 aliphatic rings. The van der Waals surface area contributed by atoms with Gasteiger partial charge >= 0.3 is 18.0 Å². The maximum absolute atomic E-state index is 11.7. The van der Waals surface area contributed by atoms with Crippen molar-refractivity contribution >= 4 is 18.0 Å². The molecule has 1 unspecified atom stereocenters. The fourth-order valence-electron chi connectivity index (χ4n) is 1.23. The van der Waals surface area contributed by atoms with Crippen LogP contribution >= 0.6 is 0 Å². The van der Waals surface area contributed by atoms with E-state index in [2.05, 4.69) is 10.1 Å². The Morgan fingerprint density at radius 1 is 1.33 bits per heavy atom. The number of carbonyl (C=O) groups is 3. The number of hydrogen-bond acceptors (Lipinski definition) is 4. The Morgan fingerprint density at radius 2 is 1.89 bits per heavy atom. The molecule has 0 saturated carbocycles. The first kappa shape index (κ1) is 16.2. The largest absolute Gasteiger partial charge is 0.481 e. The molecule has 0 saturated heterocycles. The van der Waals surface area contributed by atoms with Crippen molar-refractivity contribution in [1.29, 1.82) is 0 Å². The zero-order chi connectivity index (χ0) is 14.3. The van der Waals surface area contributed by atoms with E-state index in [0.29, 0.717) is 0 Å². The number of rotatable bonds is 6. The molecule has 7 heteroatoms. The molecule has 0 aromatic carbocycles. The topological polar surface area (TPSA) is 95.9 Å². The van der Waals surface area contributed by atoms with Gasteiger partial charge in [0.05, 0.1) is 13.5 Å². The molecular weight excluding hydrogens is 240 g/mol. The van der Waals surface area contributed by atoms with E-state index in [1.165, 1.54) is 19.1 Å². The zero-order valence-electron chi connectivity index (χ0n) is 11.1. The summed E-state index contributed by atoms with van der Waals surface area (Å²) in [7, 11) is 2.71. The van der Waals surface area contributed by atoms with E-state index in [0.717, 1.165) is 0 Å². The summed E-state index contributed by atoms with van der Waals surface area (Å²) in [6.45, 7) is 3.63. The van der Waals surface area contributed by atoms with Gasteiger partial charge in [0, 0.05) is 13.6 Å². The Hall–Kier alpha value is -1.79. The predicted octanol–water partition coefficient (Wildman–Crippen LogP) is 0.300. The molecule has 0 bridgehead atoms. The molecule has 0 aromatic heterocycles. The summed E-state index contributed by atoms with van der Waals surface area (Å²) < 4.78 is 4.59. The van der Waals surface area contributed by atoms with Crippen LogP contribution in [0.4, 0.5) is 4.79 Å². The predicted molar refractivity (Wildman–Crippen MR) is 64.1 cm³/mol. The first-order valence-corrected chi connectivity index (χ1v) is 5.60. The number of urea groups is 1. The number of nitrogens with one attached hydrogen (secondary N) is 1. The van der Waals surface area contributed by atoms with Crippen molar-refractivity contribution in [2.45, 2.75) is 26.3 Å². The van der Waals surface area contributed by atoms with Gasteiger partial charge in [0.1, 0.15) is 6.04 Å². The van der Waals surface area contributed by atoms with Crippen molar-refractivity contribution in [3.05, 3.63) is 0 Å². The van der Waals surface area contributed by atoms with Crippen LogP contribution in [0.1, 0.15) is 20.3 Å². The van der Waals surface area contributed by atoms with E-state index in [1.54, 1.807) is 13.8 Å². The maximum atomic E-state index is 11.7. The normalized spacial score (nSPS) is 11.8.